The van der Waals surface area contributed by atoms with E-state index in [1.54, 1.807) is 12.5 Å². The van der Waals surface area contributed by atoms with Gasteiger partial charge in [0, 0.05) is 0 Å². The summed E-state index contributed by atoms with van der Waals surface area (Å²) < 4.78 is 9.56. The molecule has 0 aromatic carbocycles. The number of halogens is 1. The van der Waals surface area contributed by atoms with Crippen LogP contribution in [0.5, 0.6) is 0 Å². The molecule has 0 fully saturated rings. The largest absolute Gasteiger partial charge is 1.00 e. The standard InChI is InChI=1S/C2H6OS.FH.Na/c1-4(2)3;;/h1-2H3;1H;/q;;+1/p-1. The second kappa shape index (κ2) is 9.53. The van der Waals surface area contributed by atoms with Crippen molar-refractivity contribution in [3.05, 3.63) is 0 Å². The quantitative estimate of drug-likeness (QED) is 0.230. The molecule has 0 rings (SSSR count). The van der Waals surface area contributed by atoms with Gasteiger partial charge < -0.3 is 9.26 Å². The van der Waals surface area contributed by atoms with Crippen LogP contribution in [-0.2, 0) is 11.2 Å². The van der Waals surface area contributed by atoms with Crippen molar-refractivity contribution in [2.24, 2.45) is 0 Å². The molecule has 0 N–H and O–H groups in total. The van der Waals surface area contributed by atoms with Crippen molar-refractivity contribution in [2.75, 3.05) is 12.5 Å². The SMILES string of the molecule is C[S+](C)[O-].[F-].[Na+]. The molecule has 0 saturated heterocycles. The summed E-state index contributed by atoms with van der Waals surface area (Å²) in [4.78, 5) is 0. The first kappa shape index (κ1) is 15.7. The first-order valence-corrected chi connectivity index (χ1v) is 2.95. The molecule has 1 nitrogen and oxygen atoms in total. The fraction of sp³-hybridized carbons (Fsp3) is 1.00. The van der Waals surface area contributed by atoms with Gasteiger partial charge in [-0.3, -0.25) is 0 Å². The van der Waals surface area contributed by atoms with E-state index in [1.807, 2.05) is 0 Å². The maximum absolute atomic E-state index is 9.56. The molecule has 0 aliphatic carbocycles. The van der Waals surface area contributed by atoms with E-state index < -0.39 is 11.2 Å². The molecule has 0 unspecified atom stereocenters. The van der Waals surface area contributed by atoms with Crippen molar-refractivity contribution in [2.45, 2.75) is 0 Å². The van der Waals surface area contributed by atoms with Gasteiger partial charge in [-0.1, -0.05) is 11.2 Å². The summed E-state index contributed by atoms with van der Waals surface area (Å²) in [5.74, 6) is 0. The second-order valence-electron chi connectivity index (χ2n) is 0.742. The van der Waals surface area contributed by atoms with E-state index in [0.29, 0.717) is 0 Å². The zero-order valence-corrected chi connectivity index (χ0v) is 7.01. The minimum atomic E-state index is -0.611. The molecule has 0 heterocycles. The number of hydrogen-bond acceptors (Lipinski definition) is 1. The Bertz CT molecular complexity index is 18.3. The number of rotatable bonds is 0. The smallest absolute Gasteiger partial charge is 1.00 e. The summed E-state index contributed by atoms with van der Waals surface area (Å²) in [6.07, 6.45) is 3.28. The Balaban J connectivity index is -0.0000000450. The Morgan fingerprint density at radius 3 is 1.33 bits per heavy atom. The third-order valence-corrected chi connectivity index (χ3v) is 0. The van der Waals surface area contributed by atoms with Crippen LogP contribution in [0.2, 0.25) is 0 Å². The molecule has 0 atom stereocenters. The van der Waals surface area contributed by atoms with Crippen LogP contribution in [-0.4, -0.2) is 17.1 Å². The van der Waals surface area contributed by atoms with Gasteiger partial charge in [0.2, 0.25) is 0 Å². The first-order chi connectivity index (χ1) is 1.73. The zero-order chi connectivity index (χ0) is 3.58. The van der Waals surface area contributed by atoms with E-state index in [4.69, 9.17) is 0 Å². The van der Waals surface area contributed by atoms with E-state index in [-0.39, 0.29) is 34.3 Å². The molecule has 4 heteroatoms. The molecule has 0 aliphatic rings. The van der Waals surface area contributed by atoms with Crippen LogP contribution in [0.4, 0.5) is 0 Å². The average Bonchev–Trinajstić information content (AvgIpc) is 0.811. The van der Waals surface area contributed by atoms with Crippen molar-refractivity contribution in [1.82, 2.24) is 0 Å². The van der Waals surface area contributed by atoms with Gasteiger partial charge in [-0.2, -0.15) is 0 Å². The van der Waals surface area contributed by atoms with Gasteiger partial charge in [0.1, 0.15) is 0 Å². The second-order valence-corrected chi connectivity index (χ2v) is 2.22. The minimum absolute atomic E-state index is 0. The Morgan fingerprint density at radius 2 is 1.33 bits per heavy atom. The van der Waals surface area contributed by atoms with Gasteiger partial charge in [0.25, 0.3) is 0 Å². The van der Waals surface area contributed by atoms with Crippen LogP contribution in [0.25, 0.3) is 0 Å². The van der Waals surface area contributed by atoms with E-state index >= 15 is 0 Å². The first-order valence-electron chi connectivity index (χ1n) is 0.983. The molecule has 0 radical (unpaired) electrons. The maximum Gasteiger partial charge on any atom is 1.00 e. The van der Waals surface area contributed by atoms with Crippen molar-refractivity contribution < 1.29 is 38.8 Å². The third-order valence-electron chi connectivity index (χ3n) is 0. The van der Waals surface area contributed by atoms with Crippen LogP contribution in [0.15, 0.2) is 0 Å². The molecule has 0 bridgehead atoms. The maximum atomic E-state index is 9.56. The molecule has 6 heavy (non-hydrogen) atoms. The fourth-order valence-electron chi connectivity index (χ4n) is 0. The van der Waals surface area contributed by atoms with Gasteiger partial charge in [-0.05, 0) is 0 Å². The van der Waals surface area contributed by atoms with Crippen LogP contribution in [0, 0.1) is 0 Å². The monoisotopic (exact) mass is 120 g/mol. The topological polar surface area (TPSA) is 23.1 Å². The molecule has 34 valence electrons. The molecule has 0 spiro atoms. The Morgan fingerprint density at radius 1 is 1.33 bits per heavy atom. The molecule has 0 aromatic rings. The summed E-state index contributed by atoms with van der Waals surface area (Å²) in [5, 5.41) is 0. The summed E-state index contributed by atoms with van der Waals surface area (Å²) in [7, 11) is 0. The summed E-state index contributed by atoms with van der Waals surface area (Å²) in [5.41, 5.74) is 0. The van der Waals surface area contributed by atoms with Crippen LogP contribution < -0.4 is 34.3 Å². The molecular formula is C2H6FNaOS. The van der Waals surface area contributed by atoms with Crippen molar-refractivity contribution in [1.29, 1.82) is 0 Å². The Kier molecular flexibility index (Phi) is 24.9. The third kappa shape index (κ3) is 61.3. The fourth-order valence-corrected chi connectivity index (χ4v) is 0. The zero-order valence-electron chi connectivity index (χ0n) is 4.19. The van der Waals surface area contributed by atoms with E-state index in [0.717, 1.165) is 0 Å². The predicted octanol–water partition coefficient (Wildman–Crippen LogP) is -6.00. The molecule has 0 saturated carbocycles. The number of hydrogen-bond donors (Lipinski definition) is 0. The van der Waals surface area contributed by atoms with Crippen molar-refractivity contribution >= 4 is 11.2 Å². The van der Waals surface area contributed by atoms with Crippen LogP contribution >= 0.6 is 0 Å². The molecular weight excluding hydrogens is 114 g/mol. The van der Waals surface area contributed by atoms with Crippen LogP contribution in [0.3, 0.4) is 0 Å². The van der Waals surface area contributed by atoms with E-state index in [2.05, 4.69) is 0 Å². The summed E-state index contributed by atoms with van der Waals surface area (Å²) >= 11 is -0.611. The molecule has 0 aliphatic heterocycles. The van der Waals surface area contributed by atoms with Gasteiger partial charge in [-0.15, -0.1) is 0 Å². The summed E-state index contributed by atoms with van der Waals surface area (Å²) in [6.45, 7) is 0. The van der Waals surface area contributed by atoms with Gasteiger partial charge in [-0.25, -0.2) is 0 Å². The van der Waals surface area contributed by atoms with Gasteiger partial charge in [0.15, 0.2) is 0 Å². The average molecular weight is 120 g/mol. The van der Waals surface area contributed by atoms with Crippen molar-refractivity contribution in [3.63, 3.8) is 0 Å². The van der Waals surface area contributed by atoms with Crippen LogP contribution in [0.1, 0.15) is 0 Å². The summed E-state index contributed by atoms with van der Waals surface area (Å²) in [6, 6.07) is 0. The Labute approximate surface area is 62.3 Å². The molecule has 0 aromatic heterocycles. The van der Waals surface area contributed by atoms with E-state index in [1.165, 1.54) is 0 Å². The normalized spacial score (nSPS) is 6.00. The minimum Gasteiger partial charge on any atom is -1.00 e. The van der Waals surface area contributed by atoms with E-state index in [9.17, 15) is 4.55 Å². The molecule has 0 amide bonds. The van der Waals surface area contributed by atoms with Crippen molar-refractivity contribution in [3.8, 4) is 0 Å². The van der Waals surface area contributed by atoms with Gasteiger partial charge in [0.05, 0.1) is 12.5 Å². The van der Waals surface area contributed by atoms with Gasteiger partial charge >= 0.3 is 29.6 Å². The Hall–Kier alpha value is 1.24. The predicted molar refractivity (Wildman–Crippen MR) is 20.0 cm³/mol.